The fourth-order valence-electron chi connectivity index (χ4n) is 2.88. The van der Waals surface area contributed by atoms with Gasteiger partial charge in [-0.3, -0.25) is 4.98 Å². The van der Waals surface area contributed by atoms with Gasteiger partial charge in [-0.2, -0.15) is 5.90 Å². The third-order valence-corrected chi connectivity index (χ3v) is 4.41. The van der Waals surface area contributed by atoms with E-state index in [1.54, 1.807) is 6.20 Å². The van der Waals surface area contributed by atoms with Crippen LogP contribution in [0.4, 0.5) is 5.82 Å². The molecule has 0 saturated heterocycles. The fraction of sp³-hybridized carbons (Fsp3) is 0.294. The number of halogens is 1. The topological polar surface area (TPSA) is 90.3 Å². The second-order valence-corrected chi connectivity index (χ2v) is 6.35. The van der Waals surface area contributed by atoms with Crippen molar-refractivity contribution in [3.05, 3.63) is 52.1 Å². The number of aromatic nitrogens is 2. The number of pyridine rings is 2. The van der Waals surface area contributed by atoms with Crippen molar-refractivity contribution in [2.75, 3.05) is 18.0 Å². The van der Waals surface area contributed by atoms with Crippen LogP contribution in [-0.2, 0) is 4.84 Å². The summed E-state index contributed by atoms with van der Waals surface area (Å²) >= 11 is 6.36. The Morgan fingerprint density at radius 3 is 2.67 bits per heavy atom. The van der Waals surface area contributed by atoms with Crippen LogP contribution in [0.1, 0.15) is 17.5 Å². The van der Waals surface area contributed by atoms with E-state index in [0.29, 0.717) is 29.4 Å². The first kappa shape index (κ1) is 16.5. The van der Waals surface area contributed by atoms with E-state index in [1.807, 2.05) is 26.1 Å². The van der Waals surface area contributed by atoms with Gasteiger partial charge in [0, 0.05) is 30.9 Å². The highest BCUT2D eigenvalue weighted by atomic mass is 35.5. The standard InChI is InChI=1S/C17H20ClN5O/c1-10-5-11(2)17(22-7-10)12-6-16(21-8-13(12)18)23-4-3-15(24-20)14(19)9-23/h5-8H,3-4,9,19-20H2,1-2H3. The summed E-state index contributed by atoms with van der Waals surface area (Å²) in [6.45, 7) is 5.28. The van der Waals surface area contributed by atoms with E-state index in [1.165, 1.54) is 0 Å². The fourth-order valence-corrected chi connectivity index (χ4v) is 3.07. The highest BCUT2D eigenvalue weighted by molar-refractivity contribution is 6.33. The largest absolute Gasteiger partial charge is 0.414 e. The average Bonchev–Trinajstić information content (AvgIpc) is 2.56. The minimum Gasteiger partial charge on any atom is -0.414 e. The monoisotopic (exact) mass is 345 g/mol. The molecule has 1 aliphatic rings. The normalized spacial score (nSPS) is 14.9. The molecular weight excluding hydrogens is 326 g/mol. The van der Waals surface area contributed by atoms with Crippen molar-refractivity contribution >= 4 is 17.4 Å². The number of hydrogen-bond acceptors (Lipinski definition) is 6. The lowest BCUT2D eigenvalue weighted by atomic mass is 10.1. The Hall–Kier alpha value is -2.31. The van der Waals surface area contributed by atoms with Gasteiger partial charge in [-0.25, -0.2) is 4.98 Å². The van der Waals surface area contributed by atoms with Gasteiger partial charge in [0.25, 0.3) is 0 Å². The molecule has 0 fully saturated rings. The van der Waals surface area contributed by atoms with Crippen molar-refractivity contribution in [3.8, 4) is 11.3 Å². The summed E-state index contributed by atoms with van der Waals surface area (Å²) in [5.74, 6) is 6.67. The van der Waals surface area contributed by atoms with Crippen LogP contribution in [0.2, 0.25) is 5.02 Å². The molecule has 1 aliphatic heterocycles. The predicted octanol–water partition coefficient (Wildman–Crippen LogP) is 2.68. The highest BCUT2D eigenvalue weighted by Gasteiger charge is 2.21. The van der Waals surface area contributed by atoms with Crippen molar-refractivity contribution in [2.45, 2.75) is 20.3 Å². The summed E-state index contributed by atoms with van der Waals surface area (Å²) in [6, 6.07) is 4.04. The lowest BCUT2D eigenvalue weighted by Gasteiger charge is -2.29. The van der Waals surface area contributed by atoms with Crippen LogP contribution < -0.4 is 16.5 Å². The number of nitrogens with two attached hydrogens (primary N) is 2. The number of aryl methyl sites for hydroxylation is 2. The second kappa shape index (κ2) is 6.67. The molecule has 0 atom stereocenters. The maximum Gasteiger partial charge on any atom is 0.146 e. The smallest absolute Gasteiger partial charge is 0.146 e. The number of hydrogen-bond donors (Lipinski definition) is 2. The molecule has 24 heavy (non-hydrogen) atoms. The maximum absolute atomic E-state index is 6.36. The Labute approximate surface area is 146 Å². The van der Waals surface area contributed by atoms with Crippen LogP contribution in [0.15, 0.2) is 36.0 Å². The molecule has 126 valence electrons. The molecule has 0 aliphatic carbocycles. The van der Waals surface area contributed by atoms with Gasteiger partial charge < -0.3 is 15.5 Å². The number of rotatable bonds is 3. The second-order valence-electron chi connectivity index (χ2n) is 5.94. The predicted molar refractivity (Wildman–Crippen MR) is 95.3 cm³/mol. The first-order chi connectivity index (χ1) is 11.5. The molecule has 2 aromatic rings. The SMILES string of the molecule is Cc1cnc(-c2cc(N3CCC(ON)=C(N)C3)ncc2Cl)c(C)c1. The molecule has 2 aromatic heterocycles. The number of nitrogens with zero attached hydrogens (tertiary/aromatic N) is 3. The van der Waals surface area contributed by atoms with Gasteiger partial charge in [0.1, 0.15) is 11.6 Å². The molecule has 6 nitrogen and oxygen atoms in total. The molecule has 0 aromatic carbocycles. The van der Waals surface area contributed by atoms with Gasteiger partial charge in [-0.15, -0.1) is 0 Å². The van der Waals surface area contributed by atoms with Crippen LogP contribution in [0, 0.1) is 13.8 Å². The zero-order valence-electron chi connectivity index (χ0n) is 13.7. The van der Waals surface area contributed by atoms with Crippen molar-refractivity contribution < 1.29 is 4.84 Å². The van der Waals surface area contributed by atoms with Crippen LogP contribution in [0.25, 0.3) is 11.3 Å². The van der Waals surface area contributed by atoms with Crippen molar-refractivity contribution in [1.29, 1.82) is 0 Å². The van der Waals surface area contributed by atoms with Crippen LogP contribution in [0.5, 0.6) is 0 Å². The highest BCUT2D eigenvalue weighted by Crippen LogP contribution is 2.32. The van der Waals surface area contributed by atoms with Gasteiger partial charge in [-0.05, 0) is 31.0 Å². The summed E-state index contributed by atoms with van der Waals surface area (Å²) in [4.78, 5) is 15.8. The molecule has 4 N–H and O–H groups in total. The van der Waals surface area contributed by atoms with Gasteiger partial charge in [0.05, 0.1) is 23.0 Å². The van der Waals surface area contributed by atoms with Gasteiger partial charge in [-0.1, -0.05) is 17.7 Å². The summed E-state index contributed by atoms with van der Waals surface area (Å²) in [5.41, 5.74) is 10.5. The van der Waals surface area contributed by atoms with Crippen molar-refractivity contribution in [2.24, 2.45) is 11.6 Å². The third-order valence-electron chi connectivity index (χ3n) is 4.11. The molecule has 0 saturated carbocycles. The average molecular weight is 346 g/mol. The van der Waals surface area contributed by atoms with Crippen LogP contribution >= 0.6 is 11.6 Å². The molecular formula is C17H20ClN5O. The van der Waals surface area contributed by atoms with Gasteiger partial charge in [0.15, 0.2) is 0 Å². The Morgan fingerprint density at radius 1 is 1.21 bits per heavy atom. The minimum atomic E-state index is 0.515. The van der Waals surface area contributed by atoms with E-state index in [-0.39, 0.29) is 0 Å². The zero-order valence-corrected chi connectivity index (χ0v) is 14.5. The van der Waals surface area contributed by atoms with Crippen molar-refractivity contribution in [3.63, 3.8) is 0 Å². The summed E-state index contributed by atoms with van der Waals surface area (Å²) in [7, 11) is 0. The summed E-state index contributed by atoms with van der Waals surface area (Å²) < 4.78 is 0. The van der Waals surface area contributed by atoms with E-state index in [9.17, 15) is 0 Å². The van der Waals surface area contributed by atoms with E-state index in [0.717, 1.165) is 34.7 Å². The molecule has 3 heterocycles. The molecule has 7 heteroatoms. The molecule has 0 bridgehead atoms. The first-order valence-corrected chi connectivity index (χ1v) is 8.05. The quantitative estimate of drug-likeness (QED) is 0.831. The molecule has 0 spiro atoms. The Kier molecular flexibility index (Phi) is 4.59. The van der Waals surface area contributed by atoms with Crippen LogP contribution in [0.3, 0.4) is 0 Å². The molecule has 0 amide bonds. The summed E-state index contributed by atoms with van der Waals surface area (Å²) in [5, 5.41) is 0.574. The molecule has 0 radical (unpaired) electrons. The third kappa shape index (κ3) is 3.16. The van der Waals surface area contributed by atoms with Gasteiger partial charge in [0.2, 0.25) is 0 Å². The van der Waals surface area contributed by atoms with Crippen molar-refractivity contribution in [1.82, 2.24) is 9.97 Å². The first-order valence-electron chi connectivity index (χ1n) is 7.68. The summed E-state index contributed by atoms with van der Waals surface area (Å²) in [6.07, 6.45) is 4.14. The van der Waals surface area contributed by atoms with E-state index in [2.05, 4.69) is 20.9 Å². The Bertz CT molecular complexity index is 806. The maximum atomic E-state index is 6.36. The molecule has 0 unspecified atom stereocenters. The zero-order chi connectivity index (χ0) is 17.3. The minimum absolute atomic E-state index is 0.515. The Morgan fingerprint density at radius 2 is 2.00 bits per heavy atom. The Balaban J connectivity index is 1.97. The van der Waals surface area contributed by atoms with E-state index < -0.39 is 0 Å². The van der Waals surface area contributed by atoms with E-state index >= 15 is 0 Å². The van der Waals surface area contributed by atoms with Crippen LogP contribution in [-0.4, -0.2) is 23.1 Å². The molecule has 3 rings (SSSR count). The van der Waals surface area contributed by atoms with E-state index in [4.69, 9.17) is 28.1 Å². The van der Waals surface area contributed by atoms with Gasteiger partial charge >= 0.3 is 0 Å². The lowest BCUT2D eigenvalue weighted by molar-refractivity contribution is 0.202. The lowest BCUT2D eigenvalue weighted by Crippen LogP contribution is -2.36. The number of anilines is 1.